The van der Waals surface area contributed by atoms with Crippen LogP contribution in [0.25, 0.3) is 0 Å². The number of H-pyrrole nitrogens is 1. The summed E-state index contributed by atoms with van der Waals surface area (Å²) in [6.07, 6.45) is 4.33. The normalized spacial score (nSPS) is 18.1. The van der Waals surface area contributed by atoms with Crippen LogP contribution < -0.4 is 10.2 Å². The van der Waals surface area contributed by atoms with Crippen LogP contribution in [0.3, 0.4) is 0 Å². The molecule has 8 nitrogen and oxygen atoms in total. The molecule has 0 spiro atoms. The molecule has 1 aromatic heterocycles. The molecule has 2 aliphatic rings. The molecule has 2 fully saturated rings. The summed E-state index contributed by atoms with van der Waals surface area (Å²) < 4.78 is 27.9. The van der Waals surface area contributed by atoms with Gasteiger partial charge in [0.2, 0.25) is 5.91 Å². The second-order valence-corrected chi connectivity index (χ2v) is 10.1. The second-order valence-electron chi connectivity index (χ2n) is 10.1. The lowest BCUT2D eigenvalue weighted by molar-refractivity contribution is -0.125. The van der Waals surface area contributed by atoms with Crippen molar-refractivity contribution >= 4 is 23.3 Å². The molecule has 1 aliphatic heterocycles. The zero-order valence-electron chi connectivity index (χ0n) is 21.2. The number of anilines is 2. The average Bonchev–Trinajstić information content (AvgIpc) is 3.68. The molecule has 1 unspecified atom stereocenters. The molecule has 2 aromatic carbocycles. The maximum atomic E-state index is 14.5. The molecule has 2 amide bonds. The highest BCUT2D eigenvalue weighted by molar-refractivity contribution is 6.04. The lowest BCUT2D eigenvalue weighted by atomic mass is 9.70. The Labute approximate surface area is 219 Å². The highest BCUT2D eigenvalue weighted by Gasteiger charge is 2.42. The van der Waals surface area contributed by atoms with Crippen LogP contribution in [0, 0.1) is 11.6 Å². The smallest absolute Gasteiger partial charge is 0.253 e. The third-order valence-electron chi connectivity index (χ3n) is 7.73. The molecule has 0 radical (unpaired) electrons. The molecular weight excluding hydrogens is 492 g/mol. The first kappa shape index (κ1) is 26.0. The van der Waals surface area contributed by atoms with Gasteiger partial charge in [-0.05, 0) is 63.4 Å². The quantitative estimate of drug-likeness (QED) is 0.419. The predicted octanol–water partition coefficient (Wildman–Crippen LogP) is 3.58. The molecule has 1 saturated heterocycles. The number of amides is 2. The van der Waals surface area contributed by atoms with Crippen LogP contribution in [0.5, 0.6) is 0 Å². The number of nitrogens with one attached hydrogen (secondary N) is 2. The Morgan fingerprint density at radius 2 is 1.87 bits per heavy atom. The summed E-state index contributed by atoms with van der Waals surface area (Å²) in [7, 11) is 0. The molecule has 1 aliphatic carbocycles. The van der Waals surface area contributed by atoms with Gasteiger partial charge in [-0.25, -0.2) is 8.78 Å². The lowest BCUT2D eigenvalue weighted by Gasteiger charge is -2.42. The van der Waals surface area contributed by atoms with E-state index in [-0.39, 0.29) is 16.9 Å². The van der Waals surface area contributed by atoms with Gasteiger partial charge in [0.15, 0.2) is 5.82 Å². The summed E-state index contributed by atoms with van der Waals surface area (Å²) in [6.45, 7) is 2.40. The van der Waals surface area contributed by atoms with Crippen molar-refractivity contribution in [3.8, 4) is 0 Å². The SMILES string of the molecule is CC(C(=O)Nc1cc(C2(c3ccccc3)CCN(C3CC3)CC2)[nH]n1)N(C(=O)CO)c1ccc(F)cc1F. The van der Waals surface area contributed by atoms with Gasteiger partial charge in [-0.3, -0.25) is 19.6 Å². The van der Waals surface area contributed by atoms with Crippen LogP contribution in [0.1, 0.15) is 43.9 Å². The van der Waals surface area contributed by atoms with E-state index in [0.29, 0.717) is 12.1 Å². The van der Waals surface area contributed by atoms with E-state index in [0.717, 1.165) is 48.7 Å². The molecule has 1 saturated carbocycles. The van der Waals surface area contributed by atoms with Gasteiger partial charge in [0.05, 0.1) is 5.69 Å². The first-order chi connectivity index (χ1) is 18.3. The molecule has 38 heavy (non-hydrogen) atoms. The maximum absolute atomic E-state index is 14.5. The number of carbonyl (C=O) groups excluding carboxylic acids is 2. The summed E-state index contributed by atoms with van der Waals surface area (Å²) >= 11 is 0. The van der Waals surface area contributed by atoms with Crippen molar-refractivity contribution in [3.63, 3.8) is 0 Å². The fourth-order valence-electron chi connectivity index (χ4n) is 5.47. The Kier molecular flexibility index (Phi) is 7.27. The number of carbonyl (C=O) groups is 2. The number of aliphatic hydroxyl groups is 1. The average molecular weight is 524 g/mol. The number of halogens is 2. The van der Waals surface area contributed by atoms with Gasteiger partial charge in [-0.2, -0.15) is 5.10 Å². The van der Waals surface area contributed by atoms with Crippen molar-refractivity contribution in [2.75, 3.05) is 29.9 Å². The van der Waals surface area contributed by atoms with Crippen LogP contribution in [-0.4, -0.2) is 63.8 Å². The van der Waals surface area contributed by atoms with Crippen molar-refractivity contribution in [2.24, 2.45) is 0 Å². The van der Waals surface area contributed by atoms with Crippen molar-refractivity contribution in [3.05, 3.63) is 77.5 Å². The summed E-state index contributed by atoms with van der Waals surface area (Å²) in [4.78, 5) is 28.9. The van der Waals surface area contributed by atoms with Crippen LogP contribution in [0.4, 0.5) is 20.3 Å². The number of hydrogen-bond donors (Lipinski definition) is 3. The topological polar surface area (TPSA) is 102 Å². The van der Waals surface area contributed by atoms with E-state index in [4.69, 9.17) is 0 Å². The Morgan fingerprint density at radius 3 is 2.50 bits per heavy atom. The minimum Gasteiger partial charge on any atom is -0.387 e. The van der Waals surface area contributed by atoms with E-state index in [2.05, 4.69) is 32.5 Å². The predicted molar refractivity (Wildman–Crippen MR) is 139 cm³/mol. The largest absolute Gasteiger partial charge is 0.387 e. The third kappa shape index (κ3) is 5.06. The van der Waals surface area contributed by atoms with Crippen molar-refractivity contribution in [2.45, 2.75) is 50.1 Å². The highest BCUT2D eigenvalue weighted by atomic mass is 19.1. The number of aliphatic hydroxyl groups excluding tert-OH is 1. The summed E-state index contributed by atoms with van der Waals surface area (Å²) in [5, 5.41) is 19.6. The lowest BCUT2D eigenvalue weighted by Crippen LogP contribution is -2.47. The minimum absolute atomic E-state index is 0.271. The molecule has 200 valence electrons. The summed E-state index contributed by atoms with van der Waals surface area (Å²) in [6, 6.07) is 14.2. The van der Waals surface area contributed by atoms with Gasteiger partial charge < -0.3 is 15.3 Å². The van der Waals surface area contributed by atoms with E-state index in [9.17, 15) is 23.5 Å². The van der Waals surface area contributed by atoms with E-state index < -0.39 is 36.1 Å². The first-order valence-electron chi connectivity index (χ1n) is 12.9. The first-order valence-corrected chi connectivity index (χ1v) is 12.9. The molecule has 2 heterocycles. The standard InChI is InChI=1S/C28H31F2N5O3/c1-18(35(26(37)17-36)23-10-7-20(29)15-22(23)30)27(38)31-25-16-24(32-33-25)28(19-5-3-2-4-6-19)11-13-34(14-12-28)21-8-9-21/h2-7,10,15-16,18,21,36H,8-9,11-14,17H2,1H3,(H2,31,32,33,38). The van der Waals surface area contributed by atoms with Crippen molar-refractivity contribution in [1.82, 2.24) is 15.1 Å². The van der Waals surface area contributed by atoms with Gasteiger partial charge in [-0.15, -0.1) is 0 Å². The number of likely N-dealkylation sites (tertiary alicyclic amines) is 1. The van der Waals surface area contributed by atoms with Gasteiger partial charge in [-0.1, -0.05) is 30.3 Å². The van der Waals surface area contributed by atoms with Gasteiger partial charge in [0, 0.05) is 29.3 Å². The molecule has 1 atom stereocenters. The van der Waals surface area contributed by atoms with E-state index >= 15 is 0 Å². The molecule has 5 rings (SSSR count). The Hall–Kier alpha value is -3.63. The number of benzene rings is 2. The van der Waals surface area contributed by atoms with E-state index in [1.165, 1.54) is 25.3 Å². The van der Waals surface area contributed by atoms with Gasteiger partial charge in [0.25, 0.3) is 5.91 Å². The molecular formula is C28H31F2N5O3. The molecule has 3 N–H and O–H groups in total. The number of rotatable bonds is 8. The molecule has 0 bridgehead atoms. The van der Waals surface area contributed by atoms with E-state index in [1.54, 1.807) is 6.07 Å². The summed E-state index contributed by atoms with van der Waals surface area (Å²) in [5.41, 5.74) is 1.47. The third-order valence-corrected chi connectivity index (χ3v) is 7.73. The fourth-order valence-corrected chi connectivity index (χ4v) is 5.47. The second kappa shape index (κ2) is 10.6. The minimum atomic E-state index is -1.21. The number of nitrogens with zero attached hydrogens (tertiary/aromatic N) is 3. The van der Waals surface area contributed by atoms with Crippen molar-refractivity contribution < 1.29 is 23.5 Å². The Morgan fingerprint density at radius 1 is 1.16 bits per heavy atom. The Bertz CT molecular complexity index is 1300. The van der Waals surface area contributed by atoms with Gasteiger partial charge in [0.1, 0.15) is 24.3 Å². The van der Waals surface area contributed by atoms with Gasteiger partial charge >= 0.3 is 0 Å². The van der Waals surface area contributed by atoms with Crippen LogP contribution >= 0.6 is 0 Å². The Balaban J connectivity index is 1.37. The highest BCUT2D eigenvalue weighted by Crippen LogP contribution is 2.43. The number of aromatic amines is 1. The van der Waals surface area contributed by atoms with Crippen LogP contribution in [0.15, 0.2) is 54.6 Å². The monoisotopic (exact) mass is 523 g/mol. The number of hydrogen-bond acceptors (Lipinski definition) is 5. The molecule has 3 aromatic rings. The number of aromatic nitrogens is 2. The number of piperidine rings is 1. The zero-order chi connectivity index (χ0) is 26.9. The summed E-state index contributed by atoms with van der Waals surface area (Å²) in [5.74, 6) is -3.10. The zero-order valence-corrected chi connectivity index (χ0v) is 21.2. The van der Waals surface area contributed by atoms with Crippen molar-refractivity contribution in [1.29, 1.82) is 0 Å². The fraction of sp³-hybridized carbons (Fsp3) is 0.393. The maximum Gasteiger partial charge on any atom is 0.253 e. The van der Waals surface area contributed by atoms with Crippen LogP contribution in [-0.2, 0) is 15.0 Å². The van der Waals surface area contributed by atoms with Crippen LogP contribution in [0.2, 0.25) is 0 Å². The molecule has 10 heteroatoms. The van der Waals surface area contributed by atoms with E-state index in [1.807, 2.05) is 18.2 Å².